The van der Waals surface area contributed by atoms with Gasteiger partial charge in [0.05, 0.1) is 0 Å². The molecule has 2 amide bonds. The highest BCUT2D eigenvalue weighted by Gasteiger charge is 2.31. The molecule has 0 atom stereocenters. The van der Waals surface area contributed by atoms with Gasteiger partial charge < -0.3 is 0 Å². The predicted molar refractivity (Wildman–Crippen MR) is 98.3 cm³/mol. The van der Waals surface area contributed by atoms with Crippen LogP contribution in [0.1, 0.15) is 39.3 Å². The molecule has 1 fully saturated rings. The number of nitrogens with zero attached hydrogens (tertiary/aromatic N) is 1. The van der Waals surface area contributed by atoms with E-state index in [9.17, 15) is 18.0 Å². The Morgan fingerprint density at radius 1 is 0.923 bits per heavy atom. The summed E-state index contributed by atoms with van der Waals surface area (Å²) in [5, 5.41) is 1.56. The molecule has 26 heavy (non-hydrogen) atoms. The van der Waals surface area contributed by atoms with E-state index in [1.807, 2.05) is 0 Å². The number of hydrogen-bond acceptors (Lipinski definition) is 5. The first-order valence-corrected chi connectivity index (χ1v) is 10.6. The maximum Gasteiger partial charge on any atom is 0.281 e. The molecule has 1 saturated heterocycles. The van der Waals surface area contributed by atoms with Crippen LogP contribution in [0.5, 0.6) is 0 Å². The lowest BCUT2D eigenvalue weighted by Crippen LogP contribution is -2.42. The van der Waals surface area contributed by atoms with Gasteiger partial charge in [-0.15, -0.1) is 11.3 Å². The number of benzene rings is 1. The Labute approximate surface area is 156 Å². The average molecular weight is 393 g/mol. The van der Waals surface area contributed by atoms with E-state index in [2.05, 4.69) is 10.9 Å². The Bertz CT molecular complexity index is 888. The number of piperidine rings is 1. The molecule has 1 aliphatic rings. The molecule has 0 saturated carbocycles. The van der Waals surface area contributed by atoms with Crippen molar-refractivity contribution >= 4 is 33.2 Å². The molecule has 2 heterocycles. The van der Waals surface area contributed by atoms with Crippen molar-refractivity contribution in [2.45, 2.75) is 24.2 Å². The van der Waals surface area contributed by atoms with Gasteiger partial charge in [0, 0.05) is 18.7 Å². The monoisotopic (exact) mass is 393 g/mol. The largest absolute Gasteiger partial charge is 0.281 e. The third-order valence-corrected chi connectivity index (χ3v) is 7.08. The van der Waals surface area contributed by atoms with Gasteiger partial charge in [0.2, 0.25) is 10.0 Å². The Morgan fingerprint density at radius 2 is 1.58 bits per heavy atom. The molecular formula is C17H19N3O4S2. The predicted octanol–water partition coefficient (Wildman–Crippen LogP) is 2.00. The van der Waals surface area contributed by atoms with Gasteiger partial charge in [-0.2, -0.15) is 4.31 Å². The summed E-state index contributed by atoms with van der Waals surface area (Å²) in [6.07, 6.45) is 2.64. The van der Waals surface area contributed by atoms with E-state index in [1.54, 1.807) is 35.7 Å². The maximum atomic E-state index is 12.8. The van der Waals surface area contributed by atoms with Crippen LogP contribution in [0, 0.1) is 0 Å². The topological polar surface area (TPSA) is 95.6 Å². The molecule has 0 unspecified atom stereocenters. The summed E-state index contributed by atoms with van der Waals surface area (Å²) >= 11 is 1.03. The molecule has 0 aliphatic carbocycles. The Balaban J connectivity index is 1.71. The zero-order chi connectivity index (χ0) is 18.6. The van der Waals surface area contributed by atoms with Crippen molar-refractivity contribution in [3.05, 3.63) is 52.2 Å². The second-order valence-corrected chi connectivity index (χ2v) is 8.68. The van der Waals surface area contributed by atoms with Crippen molar-refractivity contribution in [3.8, 4) is 0 Å². The molecule has 1 aromatic carbocycles. The summed E-state index contributed by atoms with van der Waals surface area (Å²) in [7, 11) is -3.71. The molecule has 1 aliphatic heterocycles. The van der Waals surface area contributed by atoms with Gasteiger partial charge in [0.15, 0.2) is 0 Å². The van der Waals surface area contributed by atoms with Gasteiger partial charge in [-0.05, 0) is 36.4 Å². The number of rotatable bonds is 4. The molecule has 9 heteroatoms. The van der Waals surface area contributed by atoms with Gasteiger partial charge >= 0.3 is 0 Å². The van der Waals surface area contributed by atoms with Crippen molar-refractivity contribution in [2.24, 2.45) is 0 Å². The Morgan fingerprint density at radius 3 is 2.27 bits per heavy atom. The molecule has 0 radical (unpaired) electrons. The van der Waals surface area contributed by atoms with Gasteiger partial charge in [-0.25, -0.2) is 8.42 Å². The van der Waals surface area contributed by atoms with Crippen molar-refractivity contribution < 1.29 is 18.0 Å². The summed E-state index contributed by atoms with van der Waals surface area (Å²) in [4.78, 5) is 24.4. The van der Waals surface area contributed by atoms with Crippen LogP contribution in [0.25, 0.3) is 0 Å². The minimum atomic E-state index is -3.71. The van der Waals surface area contributed by atoms with Crippen LogP contribution in [0.4, 0.5) is 0 Å². The molecule has 3 rings (SSSR count). The molecule has 2 N–H and O–H groups in total. The summed E-state index contributed by atoms with van der Waals surface area (Å²) in [5.74, 6) is -1.13. The molecule has 138 valence electrons. The van der Waals surface area contributed by atoms with E-state index in [0.29, 0.717) is 18.7 Å². The van der Waals surface area contributed by atoms with E-state index < -0.39 is 21.8 Å². The SMILES string of the molecule is O=C(NNC(=O)c1sccc1S(=O)(=O)N1CCCCC1)c1ccccc1. The van der Waals surface area contributed by atoms with Crippen molar-refractivity contribution in [1.82, 2.24) is 15.2 Å². The third kappa shape index (κ3) is 3.95. The molecule has 2 aromatic rings. The van der Waals surface area contributed by atoms with E-state index >= 15 is 0 Å². The summed E-state index contributed by atoms with van der Waals surface area (Å²) in [6, 6.07) is 9.84. The zero-order valence-electron chi connectivity index (χ0n) is 14.0. The van der Waals surface area contributed by atoms with E-state index in [-0.39, 0.29) is 9.77 Å². The standard InChI is InChI=1S/C17H19N3O4S2/c21-16(13-7-3-1-4-8-13)18-19-17(22)15-14(9-12-25-15)26(23,24)20-10-5-2-6-11-20/h1,3-4,7-9,12H,2,5-6,10-11H2,(H,18,21)(H,19,22). The Kier molecular flexibility index (Phi) is 5.70. The first-order valence-electron chi connectivity index (χ1n) is 8.23. The van der Waals surface area contributed by atoms with Crippen LogP contribution < -0.4 is 10.9 Å². The number of sulfonamides is 1. The summed E-state index contributed by atoms with van der Waals surface area (Å²) in [6.45, 7) is 0.925. The summed E-state index contributed by atoms with van der Waals surface area (Å²) in [5.41, 5.74) is 4.98. The number of nitrogens with one attached hydrogen (secondary N) is 2. The van der Waals surface area contributed by atoms with E-state index in [4.69, 9.17) is 0 Å². The molecule has 0 bridgehead atoms. The van der Waals surface area contributed by atoms with Crippen LogP contribution in [0.2, 0.25) is 0 Å². The third-order valence-electron chi connectivity index (χ3n) is 4.09. The second kappa shape index (κ2) is 7.98. The molecule has 1 aromatic heterocycles. The maximum absolute atomic E-state index is 12.8. The second-order valence-electron chi connectivity index (χ2n) is 5.85. The van der Waals surface area contributed by atoms with Gasteiger partial charge in [0.25, 0.3) is 11.8 Å². The fourth-order valence-electron chi connectivity index (χ4n) is 2.74. The van der Waals surface area contributed by atoms with Crippen molar-refractivity contribution in [1.29, 1.82) is 0 Å². The molecule has 7 nitrogen and oxygen atoms in total. The highest BCUT2D eigenvalue weighted by molar-refractivity contribution is 7.89. The van der Waals surface area contributed by atoms with Gasteiger partial charge in [-0.3, -0.25) is 20.4 Å². The van der Waals surface area contributed by atoms with Crippen LogP contribution >= 0.6 is 11.3 Å². The fourth-order valence-corrected chi connectivity index (χ4v) is 5.56. The highest BCUT2D eigenvalue weighted by Crippen LogP contribution is 2.27. The molecular weight excluding hydrogens is 374 g/mol. The molecule has 0 spiro atoms. The van der Waals surface area contributed by atoms with E-state index in [0.717, 1.165) is 30.6 Å². The number of thiophene rings is 1. The van der Waals surface area contributed by atoms with Crippen molar-refractivity contribution in [3.63, 3.8) is 0 Å². The highest BCUT2D eigenvalue weighted by atomic mass is 32.2. The quantitative estimate of drug-likeness (QED) is 0.777. The van der Waals surface area contributed by atoms with Crippen LogP contribution in [0.15, 0.2) is 46.7 Å². The van der Waals surface area contributed by atoms with Crippen LogP contribution in [-0.4, -0.2) is 37.6 Å². The lowest BCUT2D eigenvalue weighted by Gasteiger charge is -2.25. The Hall–Kier alpha value is -2.23. The number of hydrogen-bond donors (Lipinski definition) is 2. The first-order chi connectivity index (χ1) is 12.5. The number of hydrazine groups is 1. The minimum Gasteiger partial charge on any atom is -0.267 e. The van der Waals surface area contributed by atoms with Crippen molar-refractivity contribution in [2.75, 3.05) is 13.1 Å². The minimum absolute atomic E-state index is 0.0177. The lowest BCUT2D eigenvalue weighted by molar-refractivity contribution is 0.0847. The van der Waals surface area contributed by atoms with E-state index in [1.165, 1.54) is 10.4 Å². The van der Waals surface area contributed by atoms with Crippen LogP contribution in [-0.2, 0) is 10.0 Å². The fraction of sp³-hybridized carbons (Fsp3) is 0.294. The van der Waals surface area contributed by atoms with Gasteiger partial charge in [0.1, 0.15) is 9.77 Å². The normalized spacial score (nSPS) is 15.4. The zero-order valence-corrected chi connectivity index (χ0v) is 15.6. The smallest absolute Gasteiger partial charge is 0.267 e. The van der Waals surface area contributed by atoms with Gasteiger partial charge in [-0.1, -0.05) is 24.6 Å². The average Bonchev–Trinajstić information content (AvgIpc) is 3.18. The number of carbonyl (C=O) groups excluding carboxylic acids is 2. The van der Waals surface area contributed by atoms with Crippen LogP contribution in [0.3, 0.4) is 0 Å². The number of amides is 2. The number of carbonyl (C=O) groups is 2. The first kappa shape index (κ1) is 18.6. The summed E-state index contributed by atoms with van der Waals surface area (Å²) < 4.78 is 27.0. The lowest BCUT2D eigenvalue weighted by atomic mass is 10.2.